The van der Waals surface area contributed by atoms with Crippen molar-refractivity contribution in [3.63, 3.8) is 0 Å². The van der Waals surface area contributed by atoms with Crippen molar-refractivity contribution in [1.82, 2.24) is 9.97 Å². The number of nitrogens with zero attached hydrogens (tertiary/aromatic N) is 4. The largest absolute Gasteiger partial charge is 0.474 e. The Morgan fingerprint density at radius 2 is 1.96 bits per heavy atom. The van der Waals surface area contributed by atoms with E-state index in [2.05, 4.69) is 9.97 Å². The molecule has 0 aliphatic rings. The quantitative estimate of drug-likeness (QED) is 0.555. The van der Waals surface area contributed by atoms with Crippen LogP contribution in [0.5, 0.6) is 5.88 Å². The van der Waals surface area contributed by atoms with Crippen LogP contribution in [0, 0.1) is 10.1 Å². The fourth-order valence-corrected chi connectivity index (χ4v) is 2.26. The van der Waals surface area contributed by atoms with E-state index >= 15 is 0 Å². The predicted molar refractivity (Wildman–Crippen MR) is 88.6 cm³/mol. The van der Waals surface area contributed by atoms with Gasteiger partial charge < -0.3 is 9.64 Å². The molecule has 0 saturated heterocycles. The smallest absolute Gasteiger partial charge is 0.423 e. The molecule has 7 nitrogen and oxygen atoms in total. The number of aromatic nitrogens is 2. The summed E-state index contributed by atoms with van der Waals surface area (Å²) in [6, 6.07) is 5.86. The first-order chi connectivity index (χ1) is 12.1. The van der Waals surface area contributed by atoms with Crippen LogP contribution in [-0.2, 0) is 6.18 Å². The summed E-state index contributed by atoms with van der Waals surface area (Å²) in [6.07, 6.45) is -4.60. The van der Waals surface area contributed by atoms with Gasteiger partial charge in [0.2, 0.25) is 11.8 Å². The fourth-order valence-electron chi connectivity index (χ4n) is 2.26. The highest BCUT2D eigenvalue weighted by molar-refractivity contribution is 5.69. The molecule has 10 heteroatoms. The molecule has 0 amide bonds. The Balaban J connectivity index is 2.57. The minimum Gasteiger partial charge on any atom is -0.474 e. The van der Waals surface area contributed by atoms with E-state index in [1.165, 1.54) is 23.1 Å². The number of benzene rings is 1. The molecule has 0 bridgehead atoms. The Morgan fingerprint density at radius 3 is 2.50 bits per heavy atom. The summed E-state index contributed by atoms with van der Waals surface area (Å²) >= 11 is 0. The van der Waals surface area contributed by atoms with E-state index in [0.717, 1.165) is 0 Å². The number of hydrogen-bond donors (Lipinski definition) is 0. The topological polar surface area (TPSA) is 81.4 Å². The van der Waals surface area contributed by atoms with Crippen LogP contribution in [0.4, 0.5) is 30.5 Å². The van der Waals surface area contributed by atoms with Crippen LogP contribution in [-0.4, -0.2) is 27.5 Å². The average molecular weight is 370 g/mol. The van der Waals surface area contributed by atoms with Crippen molar-refractivity contribution >= 4 is 17.3 Å². The van der Waals surface area contributed by atoms with Crippen molar-refractivity contribution in [3.8, 4) is 5.88 Å². The number of hydrogen-bond acceptors (Lipinski definition) is 6. The molecule has 140 valence electrons. The van der Waals surface area contributed by atoms with Crippen LogP contribution in [0.25, 0.3) is 0 Å². The van der Waals surface area contributed by atoms with Gasteiger partial charge in [-0.05, 0) is 26.8 Å². The lowest BCUT2D eigenvalue weighted by atomic mass is 10.2. The summed E-state index contributed by atoms with van der Waals surface area (Å²) in [4.78, 5) is 19.6. The van der Waals surface area contributed by atoms with Crippen molar-refractivity contribution in [2.45, 2.75) is 33.1 Å². The zero-order valence-electron chi connectivity index (χ0n) is 14.3. The summed E-state index contributed by atoms with van der Waals surface area (Å²) in [6.45, 7) is 5.03. The lowest BCUT2D eigenvalue weighted by Gasteiger charge is -2.22. The van der Waals surface area contributed by atoms with Gasteiger partial charge in [-0.2, -0.15) is 18.2 Å². The fraction of sp³-hybridized carbons (Fsp3) is 0.375. The minimum absolute atomic E-state index is 0.120. The van der Waals surface area contributed by atoms with E-state index in [1.807, 2.05) is 0 Å². The maximum atomic E-state index is 13.1. The van der Waals surface area contributed by atoms with E-state index in [9.17, 15) is 23.3 Å². The van der Waals surface area contributed by atoms with Crippen LogP contribution in [0.15, 0.2) is 30.5 Å². The van der Waals surface area contributed by atoms with Gasteiger partial charge in [-0.15, -0.1) is 0 Å². The summed E-state index contributed by atoms with van der Waals surface area (Å²) in [5, 5.41) is 11.2. The van der Waals surface area contributed by atoms with Crippen LogP contribution in [0.3, 0.4) is 0 Å². The number of rotatable bonds is 6. The zero-order chi connectivity index (χ0) is 19.5. The molecular weight excluding hydrogens is 353 g/mol. The molecule has 0 spiro atoms. The first-order valence-electron chi connectivity index (χ1n) is 7.77. The molecule has 1 aromatic carbocycles. The molecule has 1 aromatic heterocycles. The van der Waals surface area contributed by atoms with Gasteiger partial charge in [0.25, 0.3) is 5.69 Å². The summed E-state index contributed by atoms with van der Waals surface area (Å²) < 4.78 is 44.6. The van der Waals surface area contributed by atoms with Gasteiger partial charge in [0.05, 0.1) is 11.0 Å². The number of para-hydroxylation sites is 2. The molecule has 0 atom stereocenters. The normalized spacial score (nSPS) is 11.5. The number of anilines is 2. The van der Waals surface area contributed by atoms with Crippen molar-refractivity contribution in [3.05, 3.63) is 46.1 Å². The van der Waals surface area contributed by atoms with Crippen LogP contribution in [0.1, 0.15) is 26.3 Å². The maximum absolute atomic E-state index is 13.1. The van der Waals surface area contributed by atoms with Gasteiger partial charge >= 0.3 is 6.18 Å². The lowest BCUT2D eigenvalue weighted by Crippen LogP contribution is -2.22. The van der Waals surface area contributed by atoms with Gasteiger partial charge in [0.1, 0.15) is 11.3 Å². The average Bonchev–Trinajstić information content (AvgIpc) is 2.54. The highest BCUT2D eigenvalue weighted by atomic mass is 19.4. The second-order valence-corrected chi connectivity index (χ2v) is 5.54. The summed E-state index contributed by atoms with van der Waals surface area (Å²) in [5.74, 6) is -0.736. The van der Waals surface area contributed by atoms with Gasteiger partial charge in [-0.1, -0.05) is 12.1 Å². The highest BCUT2D eigenvalue weighted by Crippen LogP contribution is 2.37. The molecule has 2 rings (SSSR count). The third kappa shape index (κ3) is 4.19. The van der Waals surface area contributed by atoms with Crippen molar-refractivity contribution in [2.75, 3.05) is 11.4 Å². The molecule has 0 aliphatic heterocycles. The van der Waals surface area contributed by atoms with Gasteiger partial charge in [0, 0.05) is 18.8 Å². The number of nitro groups is 1. The minimum atomic E-state index is -4.68. The van der Waals surface area contributed by atoms with Gasteiger partial charge in [0.15, 0.2) is 0 Å². The van der Waals surface area contributed by atoms with Crippen molar-refractivity contribution in [1.29, 1.82) is 0 Å². The molecule has 1 heterocycles. The Morgan fingerprint density at radius 1 is 1.31 bits per heavy atom. The van der Waals surface area contributed by atoms with Crippen molar-refractivity contribution in [2.24, 2.45) is 0 Å². The number of nitro benzene ring substituents is 1. The Labute approximate surface area is 147 Å². The summed E-state index contributed by atoms with van der Waals surface area (Å²) in [7, 11) is 0. The molecule has 0 radical (unpaired) electrons. The van der Waals surface area contributed by atoms with Crippen LogP contribution >= 0.6 is 0 Å². The van der Waals surface area contributed by atoms with Crippen molar-refractivity contribution < 1.29 is 22.8 Å². The maximum Gasteiger partial charge on any atom is 0.423 e. The second-order valence-electron chi connectivity index (χ2n) is 5.54. The molecule has 2 aromatic rings. The third-order valence-corrected chi connectivity index (χ3v) is 3.32. The number of alkyl halides is 3. The zero-order valence-corrected chi connectivity index (χ0v) is 14.3. The standard InChI is InChI=1S/C16H17F3N4O3/c1-4-22(12-7-5-6-8-13(12)23(24)25)15-20-9-11(16(17,18)19)14(21-15)26-10(2)3/h5-10H,4H2,1-3H3. The monoisotopic (exact) mass is 370 g/mol. The SMILES string of the molecule is CCN(c1ncc(C(F)(F)F)c(OC(C)C)n1)c1ccccc1[N+](=O)[O-]. The van der Waals surface area contributed by atoms with Crippen LogP contribution < -0.4 is 9.64 Å². The van der Waals surface area contributed by atoms with Gasteiger partial charge in [-0.3, -0.25) is 10.1 Å². The lowest BCUT2D eigenvalue weighted by molar-refractivity contribution is -0.384. The number of ether oxygens (including phenoxy) is 1. The number of halogens is 3. The van der Waals surface area contributed by atoms with E-state index in [1.54, 1.807) is 26.8 Å². The van der Waals surface area contributed by atoms with Gasteiger partial charge in [-0.25, -0.2) is 4.98 Å². The van der Waals surface area contributed by atoms with E-state index in [0.29, 0.717) is 6.20 Å². The molecule has 0 saturated carbocycles. The molecule has 0 fully saturated rings. The Hall–Kier alpha value is -2.91. The van der Waals surface area contributed by atoms with E-state index in [-0.39, 0.29) is 23.9 Å². The molecular formula is C16H17F3N4O3. The Bertz CT molecular complexity index is 797. The second kappa shape index (κ2) is 7.54. The first kappa shape index (κ1) is 19.4. The highest BCUT2D eigenvalue weighted by Gasteiger charge is 2.37. The first-order valence-corrected chi connectivity index (χ1v) is 7.77. The Kier molecular flexibility index (Phi) is 5.63. The molecule has 0 unspecified atom stereocenters. The van der Waals surface area contributed by atoms with Crippen LogP contribution in [0.2, 0.25) is 0 Å². The molecule has 0 aliphatic carbocycles. The molecule has 26 heavy (non-hydrogen) atoms. The van der Waals surface area contributed by atoms with E-state index in [4.69, 9.17) is 4.74 Å². The summed E-state index contributed by atoms with van der Waals surface area (Å²) in [5.41, 5.74) is -1.13. The predicted octanol–water partition coefficient (Wildman–Crippen LogP) is 4.35. The van der Waals surface area contributed by atoms with E-state index < -0.39 is 28.6 Å². The third-order valence-electron chi connectivity index (χ3n) is 3.32. The molecule has 0 N–H and O–H groups in total.